The molecule has 2 aromatic heterocycles. The zero-order valence-electron chi connectivity index (χ0n) is 21.8. The first-order chi connectivity index (χ1) is 20.7. The van der Waals surface area contributed by atoms with Crippen molar-refractivity contribution < 1.29 is 0 Å². The maximum atomic E-state index is 7.75. The van der Waals surface area contributed by atoms with Crippen LogP contribution >= 0.6 is 10.0 Å². The molecule has 4 aliphatic heterocycles. The van der Waals surface area contributed by atoms with E-state index in [1.165, 1.54) is 0 Å². The molecule has 6 bridgehead atoms. The third kappa shape index (κ3) is 3.21. The SMILES string of the molecule is C.[Cl][Al]1[n]2c3c4ccccc4c2N=C2N=C(N=c4c5ccccc5c([n]41)=NC1=NC(=N3)c3ccccc31)c1ccccc12. The molecular formula is C33H20AlClN8. The standard InChI is InChI=1S/C32H16N8.CH4.Al.ClH/c1-2-10-18-17(9-1)25-33-26(18)38-28-21-13-5-6-14-22(21)30(35-28)40-32-24-16-8-7-15-23(24)31(36-32)39-29-20-12-4-3-11-19(20)27(34-29)37-25;;;/h1-16H;1H4;;1H/q-2;;+3;/p-1. The summed E-state index contributed by atoms with van der Waals surface area (Å²) >= 11 is -2.71. The van der Waals surface area contributed by atoms with Crippen molar-refractivity contribution in [1.29, 1.82) is 0 Å². The van der Waals surface area contributed by atoms with Crippen LogP contribution in [0.2, 0.25) is 0 Å². The van der Waals surface area contributed by atoms with Crippen molar-refractivity contribution in [3.63, 3.8) is 0 Å². The maximum absolute atomic E-state index is 7.75. The second kappa shape index (κ2) is 8.79. The van der Waals surface area contributed by atoms with E-state index < -0.39 is 13.7 Å². The van der Waals surface area contributed by atoms with Gasteiger partial charge in [-0.15, -0.1) is 0 Å². The molecule has 0 amide bonds. The number of fused-ring (bicyclic) bond motifs is 14. The van der Waals surface area contributed by atoms with Crippen molar-refractivity contribution in [2.45, 2.75) is 7.43 Å². The van der Waals surface area contributed by atoms with Crippen LogP contribution in [-0.4, -0.2) is 44.1 Å². The number of rotatable bonds is 0. The van der Waals surface area contributed by atoms with Crippen molar-refractivity contribution in [2.75, 3.05) is 0 Å². The lowest BCUT2D eigenvalue weighted by Crippen LogP contribution is -2.43. The summed E-state index contributed by atoms with van der Waals surface area (Å²) in [6.07, 6.45) is 0. The number of aromatic nitrogens is 2. The van der Waals surface area contributed by atoms with Gasteiger partial charge in [-0.25, -0.2) is 30.0 Å². The summed E-state index contributed by atoms with van der Waals surface area (Å²) in [5.41, 5.74) is 5.19. The number of aliphatic imine (C=N–C) groups is 4. The van der Waals surface area contributed by atoms with Gasteiger partial charge in [-0.3, -0.25) is 0 Å². The predicted molar refractivity (Wildman–Crippen MR) is 174 cm³/mol. The molecule has 6 heterocycles. The minimum absolute atomic E-state index is 0. The third-order valence-corrected chi connectivity index (χ3v) is 11.2. The Hall–Kier alpha value is -4.94. The molecular weight excluding hydrogens is 571 g/mol. The molecule has 0 N–H and O–H groups in total. The van der Waals surface area contributed by atoms with Gasteiger partial charge < -0.3 is 7.10 Å². The fraction of sp³-hybridized carbons (Fsp3) is 0.0303. The minimum Gasteiger partial charge on any atom is -0.370 e. The fourth-order valence-corrected chi connectivity index (χ4v) is 9.31. The predicted octanol–water partition coefficient (Wildman–Crippen LogP) is 5.80. The number of benzene rings is 4. The molecule has 6 aromatic rings. The zero-order valence-corrected chi connectivity index (χ0v) is 23.7. The topological polar surface area (TPSA) is 84.0 Å². The van der Waals surface area contributed by atoms with E-state index in [4.69, 9.17) is 40.0 Å². The van der Waals surface area contributed by atoms with Gasteiger partial charge in [-0.05, 0) is 0 Å². The Bertz CT molecular complexity index is 2330. The molecule has 4 aliphatic rings. The van der Waals surface area contributed by atoms with E-state index in [1.807, 2.05) is 72.8 Å². The summed E-state index contributed by atoms with van der Waals surface area (Å²) in [4.78, 5) is 30.9. The second-order valence-electron chi connectivity index (χ2n) is 10.5. The summed E-state index contributed by atoms with van der Waals surface area (Å²) < 4.78 is 4.21. The van der Waals surface area contributed by atoms with Crippen LogP contribution in [0.25, 0.3) is 21.5 Å². The van der Waals surface area contributed by atoms with Crippen molar-refractivity contribution in [2.24, 2.45) is 30.0 Å². The highest BCUT2D eigenvalue weighted by Crippen LogP contribution is 2.41. The highest BCUT2D eigenvalue weighted by atomic mass is 35.6. The quantitative estimate of drug-likeness (QED) is 0.201. The number of hydrogen-bond donors (Lipinski definition) is 0. The molecule has 202 valence electrons. The fourth-order valence-electron chi connectivity index (χ4n) is 6.37. The largest absolute Gasteiger partial charge is 0.722 e. The van der Waals surface area contributed by atoms with Gasteiger partial charge in [-0.2, -0.15) is 10.0 Å². The minimum atomic E-state index is -2.71. The molecule has 4 aromatic carbocycles. The molecule has 0 radical (unpaired) electrons. The number of amidine groups is 4. The van der Waals surface area contributed by atoms with Crippen LogP contribution in [-0.2, 0) is 0 Å². The number of nitrogens with zero attached hydrogens (tertiary/aromatic N) is 8. The summed E-state index contributed by atoms with van der Waals surface area (Å²) in [5.74, 6) is 3.88. The van der Waals surface area contributed by atoms with Gasteiger partial charge in [0.1, 0.15) is 22.6 Å². The van der Waals surface area contributed by atoms with Gasteiger partial charge >= 0.3 is 13.7 Å². The molecule has 0 saturated heterocycles. The van der Waals surface area contributed by atoms with Crippen LogP contribution in [0.5, 0.6) is 0 Å². The lowest BCUT2D eigenvalue weighted by atomic mass is 10.1. The normalized spacial score (nSPS) is 15.3. The molecule has 8 nitrogen and oxygen atoms in total. The summed E-state index contributed by atoms with van der Waals surface area (Å²) in [6, 6.07) is 32.6. The van der Waals surface area contributed by atoms with Crippen LogP contribution < -0.4 is 11.0 Å². The molecule has 10 heteroatoms. The molecule has 0 unspecified atom stereocenters. The van der Waals surface area contributed by atoms with Gasteiger partial charge in [0.15, 0.2) is 23.3 Å². The van der Waals surface area contributed by atoms with Crippen LogP contribution in [0.4, 0.5) is 11.6 Å². The lowest BCUT2D eigenvalue weighted by Gasteiger charge is -2.15. The molecule has 10 rings (SSSR count). The Morgan fingerprint density at radius 1 is 0.419 bits per heavy atom. The Kier molecular flexibility index (Phi) is 5.04. The Morgan fingerprint density at radius 2 is 0.767 bits per heavy atom. The average molecular weight is 591 g/mol. The van der Waals surface area contributed by atoms with Crippen LogP contribution in [0.3, 0.4) is 0 Å². The number of hydrogen-bond acceptors (Lipinski definition) is 6. The van der Waals surface area contributed by atoms with E-state index in [-0.39, 0.29) is 7.43 Å². The molecule has 0 aliphatic carbocycles. The van der Waals surface area contributed by atoms with Gasteiger partial charge in [0, 0.05) is 43.8 Å². The van der Waals surface area contributed by atoms with Gasteiger partial charge in [0.05, 0.1) is 0 Å². The molecule has 43 heavy (non-hydrogen) atoms. The molecule has 0 saturated carbocycles. The maximum Gasteiger partial charge on any atom is 0.722 e. The van der Waals surface area contributed by atoms with E-state index in [2.05, 4.69) is 31.4 Å². The molecule has 0 spiro atoms. The Labute approximate surface area is 254 Å². The molecule has 0 atom stereocenters. The smallest absolute Gasteiger partial charge is 0.370 e. The number of halogens is 1. The van der Waals surface area contributed by atoms with Crippen molar-refractivity contribution in [1.82, 2.24) is 7.10 Å². The van der Waals surface area contributed by atoms with Crippen molar-refractivity contribution in [3.05, 3.63) is 130 Å². The average Bonchev–Trinajstić information content (AvgIpc) is 3.74. The Morgan fingerprint density at radius 3 is 1.19 bits per heavy atom. The van der Waals surface area contributed by atoms with E-state index in [0.29, 0.717) is 23.3 Å². The zero-order chi connectivity index (χ0) is 27.5. The van der Waals surface area contributed by atoms with Crippen molar-refractivity contribution in [3.8, 4) is 0 Å². The first kappa shape index (κ1) is 24.6. The highest BCUT2D eigenvalue weighted by molar-refractivity contribution is 7.05. The lowest BCUT2D eigenvalue weighted by molar-refractivity contribution is 0.983. The van der Waals surface area contributed by atoms with Crippen LogP contribution in [0, 0.1) is 0 Å². The van der Waals surface area contributed by atoms with Gasteiger partial charge in [0.2, 0.25) is 0 Å². The summed E-state index contributed by atoms with van der Waals surface area (Å²) in [6.45, 7) is 0. The monoisotopic (exact) mass is 590 g/mol. The first-order valence-corrected chi connectivity index (χ1v) is 16.4. The Balaban J connectivity index is 0.00000260. The second-order valence-corrected chi connectivity index (χ2v) is 13.3. The van der Waals surface area contributed by atoms with Gasteiger partial charge in [0.25, 0.3) is 0 Å². The molecule has 0 fully saturated rings. The third-order valence-electron chi connectivity index (χ3n) is 8.25. The summed E-state index contributed by atoms with van der Waals surface area (Å²) in [7, 11) is 7.75. The highest BCUT2D eigenvalue weighted by Gasteiger charge is 2.38. The van der Waals surface area contributed by atoms with Crippen molar-refractivity contribution >= 4 is 80.2 Å². The van der Waals surface area contributed by atoms with Crippen LogP contribution in [0.1, 0.15) is 29.7 Å². The summed E-state index contributed by atoms with van der Waals surface area (Å²) in [5, 5.41) is 3.81. The van der Waals surface area contributed by atoms with Crippen LogP contribution in [0.15, 0.2) is 127 Å². The van der Waals surface area contributed by atoms with E-state index in [0.717, 1.165) is 66.4 Å². The van der Waals surface area contributed by atoms with Gasteiger partial charge in [-0.1, -0.05) is 104 Å². The van der Waals surface area contributed by atoms with E-state index >= 15 is 0 Å². The van der Waals surface area contributed by atoms with E-state index in [9.17, 15) is 0 Å². The van der Waals surface area contributed by atoms with E-state index in [1.54, 1.807) is 0 Å². The first-order valence-electron chi connectivity index (χ1n) is 13.6.